The normalized spacial score (nSPS) is 11.4. The van der Waals surface area contributed by atoms with Crippen LogP contribution in [0.15, 0.2) is 84.9 Å². The lowest BCUT2D eigenvalue weighted by Gasteiger charge is -2.14. The van der Waals surface area contributed by atoms with Gasteiger partial charge in [-0.25, -0.2) is 0 Å². The van der Waals surface area contributed by atoms with Crippen LogP contribution in [0.5, 0.6) is 5.75 Å². The van der Waals surface area contributed by atoms with Crippen molar-refractivity contribution < 1.29 is 14.3 Å². The van der Waals surface area contributed by atoms with Crippen molar-refractivity contribution in [2.75, 3.05) is 5.32 Å². The highest BCUT2D eigenvalue weighted by Crippen LogP contribution is 2.15. The van der Waals surface area contributed by atoms with Crippen LogP contribution < -0.4 is 10.1 Å². The quantitative estimate of drug-likeness (QED) is 0.677. The van der Waals surface area contributed by atoms with Gasteiger partial charge >= 0.3 is 0 Å². The van der Waals surface area contributed by atoms with Crippen LogP contribution in [0.1, 0.15) is 22.8 Å². The minimum atomic E-state index is -0.636. The number of hydrogen-bond acceptors (Lipinski definition) is 3. The summed E-state index contributed by atoms with van der Waals surface area (Å²) < 4.78 is 5.60. The Balaban J connectivity index is 1.62. The molecule has 0 saturated heterocycles. The molecule has 1 unspecified atom stereocenters. The summed E-state index contributed by atoms with van der Waals surface area (Å²) >= 11 is 0. The van der Waals surface area contributed by atoms with E-state index in [1.54, 1.807) is 55.5 Å². The fourth-order valence-corrected chi connectivity index (χ4v) is 2.46. The lowest BCUT2D eigenvalue weighted by molar-refractivity contribution is -0.122. The number of ether oxygens (including phenoxy) is 1. The highest BCUT2D eigenvalue weighted by atomic mass is 16.5. The Morgan fingerprint density at radius 3 is 1.92 bits per heavy atom. The third-order valence-electron chi connectivity index (χ3n) is 3.88. The van der Waals surface area contributed by atoms with Gasteiger partial charge in [0.1, 0.15) is 5.75 Å². The Morgan fingerprint density at radius 1 is 0.769 bits per heavy atom. The minimum absolute atomic E-state index is 0.0516. The second kappa shape index (κ2) is 8.12. The molecule has 0 spiro atoms. The molecule has 0 aliphatic heterocycles. The average Bonchev–Trinajstić information content (AvgIpc) is 2.69. The van der Waals surface area contributed by atoms with Gasteiger partial charge in [-0.3, -0.25) is 9.59 Å². The van der Waals surface area contributed by atoms with E-state index in [0.29, 0.717) is 22.6 Å². The van der Waals surface area contributed by atoms with Gasteiger partial charge in [-0.2, -0.15) is 0 Å². The molecule has 0 aliphatic rings. The average molecular weight is 345 g/mol. The predicted molar refractivity (Wildman–Crippen MR) is 101 cm³/mol. The number of nitrogens with one attached hydrogen (secondary N) is 1. The van der Waals surface area contributed by atoms with E-state index in [1.165, 1.54) is 0 Å². The standard InChI is InChI=1S/C22H19NO3/c1-16(26-20-10-6-3-7-11-20)22(25)23-19-14-12-18(13-15-19)21(24)17-8-4-2-5-9-17/h2-16H,1H3,(H,23,25). The SMILES string of the molecule is CC(Oc1ccccc1)C(=O)Nc1ccc(C(=O)c2ccccc2)cc1. The van der Waals surface area contributed by atoms with E-state index in [4.69, 9.17) is 4.74 Å². The van der Waals surface area contributed by atoms with Gasteiger partial charge in [-0.15, -0.1) is 0 Å². The number of ketones is 1. The van der Waals surface area contributed by atoms with Crippen LogP contribution in [0.4, 0.5) is 5.69 Å². The largest absolute Gasteiger partial charge is 0.481 e. The maximum absolute atomic E-state index is 12.4. The zero-order valence-corrected chi connectivity index (χ0v) is 14.4. The highest BCUT2D eigenvalue weighted by Gasteiger charge is 2.15. The van der Waals surface area contributed by atoms with Gasteiger partial charge < -0.3 is 10.1 Å². The molecule has 0 saturated carbocycles. The molecule has 1 N–H and O–H groups in total. The van der Waals surface area contributed by atoms with Gasteiger partial charge in [0.2, 0.25) is 0 Å². The number of rotatable bonds is 6. The van der Waals surface area contributed by atoms with E-state index >= 15 is 0 Å². The van der Waals surface area contributed by atoms with Crippen LogP contribution in [0.3, 0.4) is 0 Å². The van der Waals surface area contributed by atoms with E-state index in [1.807, 2.05) is 36.4 Å². The minimum Gasteiger partial charge on any atom is -0.481 e. The fourth-order valence-electron chi connectivity index (χ4n) is 2.46. The molecule has 0 radical (unpaired) electrons. The first-order valence-corrected chi connectivity index (χ1v) is 8.36. The van der Waals surface area contributed by atoms with Crippen LogP contribution in [0.2, 0.25) is 0 Å². The number of benzene rings is 3. The molecular weight excluding hydrogens is 326 g/mol. The van der Waals surface area contributed by atoms with Crippen LogP contribution in [-0.4, -0.2) is 17.8 Å². The molecule has 1 atom stereocenters. The van der Waals surface area contributed by atoms with E-state index in [-0.39, 0.29) is 11.7 Å². The maximum atomic E-state index is 12.4. The number of carbonyl (C=O) groups is 2. The summed E-state index contributed by atoms with van der Waals surface area (Å²) in [5, 5.41) is 2.79. The molecule has 3 aromatic rings. The molecular formula is C22H19NO3. The maximum Gasteiger partial charge on any atom is 0.265 e. The van der Waals surface area contributed by atoms with Crippen LogP contribution in [0.25, 0.3) is 0 Å². The third kappa shape index (κ3) is 4.36. The molecule has 4 nitrogen and oxygen atoms in total. The van der Waals surface area contributed by atoms with E-state index in [9.17, 15) is 9.59 Å². The van der Waals surface area contributed by atoms with Crippen molar-refractivity contribution in [3.63, 3.8) is 0 Å². The van der Waals surface area contributed by atoms with Crippen LogP contribution in [0, 0.1) is 0 Å². The Morgan fingerprint density at radius 2 is 1.31 bits per heavy atom. The lowest BCUT2D eigenvalue weighted by atomic mass is 10.0. The first kappa shape index (κ1) is 17.4. The number of anilines is 1. The summed E-state index contributed by atoms with van der Waals surface area (Å²) in [7, 11) is 0. The van der Waals surface area contributed by atoms with Crippen molar-refractivity contribution in [1.29, 1.82) is 0 Å². The Bertz CT molecular complexity index is 874. The highest BCUT2D eigenvalue weighted by molar-refractivity contribution is 6.09. The van der Waals surface area contributed by atoms with Crippen LogP contribution >= 0.6 is 0 Å². The van der Waals surface area contributed by atoms with E-state index < -0.39 is 6.10 Å². The van der Waals surface area contributed by atoms with Gasteiger partial charge in [0.05, 0.1) is 0 Å². The Labute approximate surface area is 152 Å². The molecule has 3 rings (SSSR count). The third-order valence-corrected chi connectivity index (χ3v) is 3.88. The molecule has 0 bridgehead atoms. The molecule has 26 heavy (non-hydrogen) atoms. The number of amides is 1. The van der Waals surface area contributed by atoms with Crippen molar-refractivity contribution in [1.82, 2.24) is 0 Å². The Hall–Kier alpha value is -3.40. The Kier molecular flexibility index (Phi) is 5.44. The molecule has 0 aliphatic carbocycles. The lowest BCUT2D eigenvalue weighted by Crippen LogP contribution is -2.30. The molecule has 0 fully saturated rings. The molecule has 3 aromatic carbocycles. The van der Waals surface area contributed by atoms with Crippen molar-refractivity contribution in [3.8, 4) is 5.75 Å². The van der Waals surface area contributed by atoms with Crippen molar-refractivity contribution in [3.05, 3.63) is 96.1 Å². The second-order valence-electron chi connectivity index (χ2n) is 5.83. The van der Waals surface area contributed by atoms with Crippen LogP contribution in [-0.2, 0) is 4.79 Å². The van der Waals surface area contributed by atoms with E-state index in [0.717, 1.165) is 0 Å². The zero-order chi connectivity index (χ0) is 18.4. The molecule has 1 amide bonds. The number of hydrogen-bond donors (Lipinski definition) is 1. The topological polar surface area (TPSA) is 55.4 Å². The predicted octanol–water partition coefficient (Wildman–Crippen LogP) is 4.32. The fraction of sp³-hybridized carbons (Fsp3) is 0.0909. The summed E-state index contributed by atoms with van der Waals surface area (Å²) in [6.45, 7) is 1.69. The van der Waals surface area contributed by atoms with E-state index in [2.05, 4.69) is 5.32 Å². The van der Waals surface area contributed by atoms with Gasteiger partial charge in [0.25, 0.3) is 5.91 Å². The van der Waals surface area contributed by atoms with Gasteiger partial charge in [-0.05, 0) is 43.3 Å². The smallest absolute Gasteiger partial charge is 0.265 e. The zero-order valence-electron chi connectivity index (χ0n) is 14.4. The number of carbonyl (C=O) groups excluding carboxylic acids is 2. The van der Waals surface area contributed by atoms with Gasteiger partial charge in [0, 0.05) is 16.8 Å². The van der Waals surface area contributed by atoms with Crippen molar-refractivity contribution >= 4 is 17.4 Å². The molecule has 4 heteroatoms. The molecule has 0 aromatic heterocycles. The molecule has 0 heterocycles. The second-order valence-corrected chi connectivity index (χ2v) is 5.83. The van der Waals surface area contributed by atoms with Gasteiger partial charge in [-0.1, -0.05) is 48.5 Å². The first-order chi connectivity index (χ1) is 12.6. The molecule has 130 valence electrons. The number of para-hydroxylation sites is 1. The summed E-state index contributed by atoms with van der Waals surface area (Å²) in [6.07, 6.45) is -0.636. The first-order valence-electron chi connectivity index (χ1n) is 8.36. The summed E-state index contributed by atoms with van der Waals surface area (Å²) in [6, 6.07) is 25.1. The van der Waals surface area contributed by atoms with Crippen molar-refractivity contribution in [2.24, 2.45) is 0 Å². The summed E-state index contributed by atoms with van der Waals surface area (Å²) in [4.78, 5) is 24.6. The summed E-state index contributed by atoms with van der Waals surface area (Å²) in [5.74, 6) is 0.333. The summed E-state index contributed by atoms with van der Waals surface area (Å²) in [5.41, 5.74) is 1.82. The van der Waals surface area contributed by atoms with Crippen molar-refractivity contribution in [2.45, 2.75) is 13.0 Å². The monoisotopic (exact) mass is 345 g/mol. The van der Waals surface area contributed by atoms with Gasteiger partial charge in [0.15, 0.2) is 11.9 Å².